The van der Waals surface area contributed by atoms with Gasteiger partial charge in [0.25, 0.3) is 0 Å². The Hall–Kier alpha value is -1.16. The summed E-state index contributed by atoms with van der Waals surface area (Å²) in [5.41, 5.74) is 0. The van der Waals surface area contributed by atoms with E-state index in [1.807, 2.05) is 12.1 Å². The molecular formula is C13H22N4. The fourth-order valence-electron chi connectivity index (χ4n) is 2.38. The van der Waals surface area contributed by atoms with Crippen molar-refractivity contribution in [1.29, 1.82) is 0 Å². The van der Waals surface area contributed by atoms with Crippen LogP contribution in [-0.4, -0.2) is 40.8 Å². The number of piperidine rings is 1. The molecule has 0 aromatic carbocycles. The lowest BCUT2D eigenvalue weighted by Gasteiger charge is -2.33. The van der Waals surface area contributed by atoms with Crippen molar-refractivity contribution in [3.05, 3.63) is 18.3 Å². The van der Waals surface area contributed by atoms with Crippen molar-refractivity contribution in [1.82, 2.24) is 15.1 Å². The third kappa shape index (κ3) is 3.97. The molecule has 0 amide bonds. The summed E-state index contributed by atoms with van der Waals surface area (Å²) in [5.74, 6) is 0.874. The van der Waals surface area contributed by atoms with Gasteiger partial charge in [-0.2, -0.15) is 5.10 Å². The third-order valence-corrected chi connectivity index (χ3v) is 3.44. The number of hydrogen-bond donors (Lipinski definition) is 1. The van der Waals surface area contributed by atoms with Crippen molar-refractivity contribution in [2.45, 2.75) is 38.6 Å². The monoisotopic (exact) mass is 234 g/mol. The second-order valence-corrected chi connectivity index (χ2v) is 4.77. The number of anilines is 1. The van der Waals surface area contributed by atoms with E-state index in [0.29, 0.717) is 0 Å². The van der Waals surface area contributed by atoms with E-state index in [2.05, 4.69) is 27.3 Å². The molecule has 0 bridgehead atoms. The Kier molecular flexibility index (Phi) is 4.74. The normalized spacial score (nSPS) is 21.4. The van der Waals surface area contributed by atoms with Gasteiger partial charge in [-0.15, -0.1) is 5.10 Å². The van der Waals surface area contributed by atoms with Gasteiger partial charge in [-0.05, 0) is 44.9 Å². The number of likely N-dealkylation sites (tertiary alicyclic amines) is 1. The number of nitrogens with one attached hydrogen (secondary N) is 1. The quantitative estimate of drug-likeness (QED) is 0.793. The summed E-state index contributed by atoms with van der Waals surface area (Å²) in [7, 11) is 0. The zero-order chi connectivity index (χ0) is 11.9. The summed E-state index contributed by atoms with van der Waals surface area (Å²) in [4.78, 5) is 2.60. The summed E-state index contributed by atoms with van der Waals surface area (Å²) in [6, 6.07) is 4.62. The maximum absolute atomic E-state index is 4.00. The largest absolute Gasteiger partial charge is 0.369 e. The van der Waals surface area contributed by atoms with Crippen LogP contribution >= 0.6 is 0 Å². The highest BCUT2D eigenvalue weighted by atomic mass is 15.2. The lowest BCUT2D eigenvalue weighted by Crippen LogP contribution is -2.38. The van der Waals surface area contributed by atoms with Gasteiger partial charge in [0, 0.05) is 25.3 Å². The van der Waals surface area contributed by atoms with Crippen LogP contribution in [0.5, 0.6) is 0 Å². The molecule has 1 fully saturated rings. The highest BCUT2D eigenvalue weighted by Gasteiger charge is 2.16. The van der Waals surface area contributed by atoms with Crippen molar-refractivity contribution in [2.75, 3.05) is 25.0 Å². The van der Waals surface area contributed by atoms with Crippen LogP contribution in [0.3, 0.4) is 0 Å². The van der Waals surface area contributed by atoms with Crippen molar-refractivity contribution < 1.29 is 0 Å². The van der Waals surface area contributed by atoms with Crippen LogP contribution < -0.4 is 5.32 Å². The SMILES string of the molecule is CC1CCCCN1CCCNc1cccnn1. The van der Waals surface area contributed by atoms with E-state index in [1.165, 1.54) is 38.8 Å². The molecule has 4 nitrogen and oxygen atoms in total. The first-order chi connectivity index (χ1) is 8.36. The molecule has 1 saturated heterocycles. The zero-order valence-corrected chi connectivity index (χ0v) is 10.6. The van der Waals surface area contributed by atoms with Crippen LogP contribution in [0.15, 0.2) is 18.3 Å². The Morgan fingerprint density at radius 2 is 2.41 bits per heavy atom. The predicted octanol–water partition coefficient (Wildman–Crippen LogP) is 2.15. The van der Waals surface area contributed by atoms with Gasteiger partial charge >= 0.3 is 0 Å². The van der Waals surface area contributed by atoms with Gasteiger partial charge in [-0.1, -0.05) is 6.42 Å². The number of hydrogen-bond acceptors (Lipinski definition) is 4. The van der Waals surface area contributed by atoms with Gasteiger partial charge in [0.1, 0.15) is 5.82 Å². The summed E-state index contributed by atoms with van der Waals surface area (Å²) in [5, 5.41) is 11.1. The molecule has 1 aliphatic rings. The molecule has 0 saturated carbocycles. The minimum atomic E-state index is 0.764. The molecule has 1 N–H and O–H groups in total. The van der Waals surface area contributed by atoms with Crippen LogP contribution in [0.4, 0.5) is 5.82 Å². The molecule has 0 spiro atoms. The van der Waals surface area contributed by atoms with Gasteiger partial charge < -0.3 is 10.2 Å². The first-order valence-corrected chi connectivity index (χ1v) is 6.62. The maximum atomic E-state index is 4.00. The average Bonchev–Trinajstić information content (AvgIpc) is 2.38. The second-order valence-electron chi connectivity index (χ2n) is 4.77. The Bertz CT molecular complexity index is 314. The topological polar surface area (TPSA) is 41.0 Å². The van der Waals surface area contributed by atoms with E-state index in [-0.39, 0.29) is 0 Å². The smallest absolute Gasteiger partial charge is 0.148 e. The molecule has 94 valence electrons. The van der Waals surface area contributed by atoms with Gasteiger partial charge in [0.05, 0.1) is 0 Å². The van der Waals surface area contributed by atoms with Crippen molar-refractivity contribution >= 4 is 5.82 Å². The Balaban J connectivity index is 1.63. The molecule has 1 aromatic heterocycles. The second kappa shape index (κ2) is 6.55. The summed E-state index contributed by atoms with van der Waals surface area (Å²) >= 11 is 0. The number of rotatable bonds is 5. The van der Waals surface area contributed by atoms with E-state index < -0.39 is 0 Å². The number of nitrogens with zero attached hydrogens (tertiary/aromatic N) is 3. The highest BCUT2D eigenvalue weighted by Crippen LogP contribution is 2.16. The number of aromatic nitrogens is 2. The van der Waals surface area contributed by atoms with Gasteiger partial charge in [0.15, 0.2) is 0 Å². The van der Waals surface area contributed by atoms with Crippen LogP contribution in [0.25, 0.3) is 0 Å². The van der Waals surface area contributed by atoms with Gasteiger partial charge in [-0.3, -0.25) is 0 Å². The minimum Gasteiger partial charge on any atom is -0.369 e. The molecule has 1 aliphatic heterocycles. The van der Waals surface area contributed by atoms with E-state index in [1.54, 1.807) is 6.20 Å². The first-order valence-electron chi connectivity index (χ1n) is 6.62. The lowest BCUT2D eigenvalue weighted by molar-refractivity contribution is 0.160. The van der Waals surface area contributed by atoms with Crippen LogP contribution in [0, 0.1) is 0 Å². The van der Waals surface area contributed by atoms with Gasteiger partial charge in [0.2, 0.25) is 0 Å². The molecule has 1 unspecified atom stereocenters. The van der Waals surface area contributed by atoms with Gasteiger partial charge in [-0.25, -0.2) is 0 Å². The predicted molar refractivity (Wildman–Crippen MR) is 70.0 cm³/mol. The van der Waals surface area contributed by atoms with Crippen LogP contribution in [0.1, 0.15) is 32.6 Å². The first kappa shape index (κ1) is 12.3. The molecule has 2 heterocycles. The summed E-state index contributed by atoms with van der Waals surface area (Å²) in [6.45, 7) is 5.78. The molecule has 0 aliphatic carbocycles. The van der Waals surface area contributed by atoms with Crippen LogP contribution in [-0.2, 0) is 0 Å². The van der Waals surface area contributed by atoms with E-state index >= 15 is 0 Å². The molecular weight excluding hydrogens is 212 g/mol. The zero-order valence-electron chi connectivity index (χ0n) is 10.6. The lowest BCUT2D eigenvalue weighted by atomic mass is 10.0. The summed E-state index contributed by atoms with van der Waals surface area (Å²) in [6.07, 6.45) is 6.98. The Labute approximate surface area is 103 Å². The highest BCUT2D eigenvalue weighted by molar-refractivity contribution is 5.30. The summed E-state index contributed by atoms with van der Waals surface area (Å²) < 4.78 is 0. The molecule has 1 atom stereocenters. The van der Waals surface area contributed by atoms with E-state index in [4.69, 9.17) is 0 Å². The Morgan fingerprint density at radius 3 is 3.18 bits per heavy atom. The minimum absolute atomic E-state index is 0.764. The Morgan fingerprint density at radius 1 is 1.47 bits per heavy atom. The van der Waals surface area contributed by atoms with E-state index in [9.17, 15) is 0 Å². The third-order valence-electron chi connectivity index (χ3n) is 3.44. The molecule has 17 heavy (non-hydrogen) atoms. The molecule has 1 aromatic rings. The van der Waals surface area contributed by atoms with Crippen LogP contribution in [0.2, 0.25) is 0 Å². The van der Waals surface area contributed by atoms with E-state index in [0.717, 1.165) is 18.4 Å². The fourth-order valence-corrected chi connectivity index (χ4v) is 2.38. The molecule has 0 radical (unpaired) electrons. The maximum Gasteiger partial charge on any atom is 0.148 e. The molecule has 4 heteroatoms. The van der Waals surface area contributed by atoms with Crippen molar-refractivity contribution in [2.24, 2.45) is 0 Å². The fraction of sp³-hybridized carbons (Fsp3) is 0.692. The van der Waals surface area contributed by atoms with Crippen molar-refractivity contribution in [3.8, 4) is 0 Å². The standard InChI is InChI=1S/C13H22N4/c1-12-6-2-3-10-17(12)11-5-8-14-13-7-4-9-15-16-13/h4,7,9,12H,2-3,5-6,8,10-11H2,1H3,(H,14,16). The van der Waals surface area contributed by atoms with Crippen molar-refractivity contribution in [3.63, 3.8) is 0 Å². The average molecular weight is 234 g/mol. The molecule has 2 rings (SSSR count).